The first-order chi connectivity index (χ1) is 11.7. The summed E-state index contributed by atoms with van der Waals surface area (Å²) in [5.41, 5.74) is 0.859. The van der Waals surface area contributed by atoms with E-state index in [0.29, 0.717) is 29.5 Å². The maximum Gasteiger partial charge on any atom is 0.348 e. The fourth-order valence-corrected chi connectivity index (χ4v) is 3.48. The predicted octanol–water partition coefficient (Wildman–Crippen LogP) is 2.90. The highest BCUT2D eigenvalue weighted by molar-refractivity contribution is 7.18. The zero-order valence-electron chi connectivity index (χ0n) is 15.8. The number of esters is 1. The van der Waals surface area contributed by atoms with Gasteiger partial charge in [-0.25, -0.2) is 4.79 Å². The molecule has 0 aliphatic carbocycles. The number of aliphatic hydroxyl groups excluding tert-OH is 1. The predicted molar refractivity (Wildman–Crippen MR) is 101 cm³/mol. The number of ether oxygens (including phenoxy) is 1. The van der Waals surface area contributed by atoms with Crippen LogP contribution in [0.15, 0.2) is 6.07 Å². The molecule has 0 saturated carbocycles. The van der Waals surface area contributed by atoms with Gasteiger partial charge in [0.1, 0.15) is 4.88 Å². The number of hydrogen-bond donors (Lipinski definition) is 2. The quantitative estimate of drug-likeness (QED) is 0.654. The van der Waals surface area contributed by atoms with Gasteiger partial charge in [-0.05, 0) is 37.3 Å². The van der Waals surface area contributed by atoms with E-state index in [2.05, 4.69) is 26.1 Å². The molecule has 0 radical (unpaired) electrons. The summed E-state index contributed by atoms with van der Waals surface area (Å²) in [6.07, 6.45) is 0.633. The van der Waals surface area contributed by atoms with Gasteiger partial charge < -0.3 is 15.2 Å². The van der Waals surface area contributed by atoms with Gasteiger partial charge in [-0.2, -0.15) is 0 Å². The van der Waals surface area contributed by atoms with Gasteiger partial charge in [-0.1, -0.05) is 20.8 Å². The lowest BCUT2D eigenvalue weighted by Gasteiger charge is -2.29. The number of amides is 1. The monoisotopic (exact) mass is 370 g/mol. The molecule has 0 atom stereocenters. The number of nitrogens with zero attached hydrogens (tertiary/aromatic N) is 1. The van der Waals surface area contributed by atoms with Gasteiger partial charge in [0.15, 0.2) is 0 Å². The Bertz CT molecular complexity index is 578. The number of hydrogen-bond acceptors (Lipinski definition) is 6. The zero-order chi connectivity index (χ0) is 19.0. The minimum absolute atomic E-state index is 0.0618. The first-order valence-corrected chi connectivity index (χ1v) is 9.38. The van der Waals surface area contributed by atoms with Gasteiger partial charge in [0.2, 0.25) is 5.91 Å². The average Bonchev–Trinajstić information content (AvgIpc) is 2.84. The number of carbonyl (C=O) groups is 2. The van der Waals surface area contributed by atoms with Gasteiger partial charge >= 0.3 is 5.97 Å². The van der Waals surface area contributed by atoms with Crippen LogP contribution in [0.2, 0.25) is 0 Å². The zero-order valence-corrected chi connectivity index (χ0v) is 16.7. The average molecular weight is 371 g/mol. The van der Waals surface area contributed by atoms with Crippen molar-refractivity contribution in [3.63, 3.8) is 0 Å². The number of anilines is 1. The van der Waals surface area contributed by atoms with Gasteiger partial charge in [0, 0.05) is 19.7 Å². The Kier molecular flexibility index (Phi) is 8.55. The van der Waals surface area contributed by atoms with E-state index >= 15 is 0 Å². The molecule has 1 aromatic heterocycles. The summed E-state index contributed by atoms with van der Waals surface area (Å²) < 4.78 is 5.02. The van der Waals surface area contributed by atoms with Gasteiger partial charge in [0.05, 0.1) is 18.2 Å². The SMILES string of the molecule is CCOC(=O)c1sc(NC(=O)CN(CCCO)CC(C)(C)C)cc1C. The lowest BCUT2D eigenvalue weighted by molar-refractivity contribution is -0.117. The van der Waals surface area contributed by atoms with E-state index in [0.717, 1.165) is 12.1 Å². The number of nitrogens with one attached hydrogen (secondary N) is 1. The Labute approximate surface area is 154 Å². The molecule has 2 N–H and O–H groups in total. The van der Waals surface area contributed by atoms with Crippen molar-refractivity contribution in [3.8, 4) is 0 Å². The Balaban J connectivity index is 2.70. The highest BCUT2D eigenvalue weighted by Crippen LogP contribution is 2.27. The third-order valence-electron chi connectivity index (χ3n) is 3.34. The number of aryl methyl sites for hydroxylation is 1. The Morgan fingerprint density at radius 3 is 2.60 bits per heavy atom. The van der Waals surface area contributed by atoms with Crippen LogP contribution in [-0.2, 0) is 9.53 Å². The van der Waals surface area contributed by atoms with E-state index < -0.39 is 0 Å². The molecule has 0 saturated heterocycles. The lowest BCUT2D eigenvalue weighted by atomic mass is 9.96. The molecular weight excluding hydrogens is 340 g/mol. The maximum atomic E-state index is 12.4. The van der Waals surface area contributed by atoms with Gasteiger partial charge in [0.25, 0.3) is 0 Å². The van der Waals surface area contributed by atoms with E-state index in [1.165, 1.54) is 11.3 Å². The number of carbonyl (C=O) groups excluding carboxylic acids is 2. The summed E-state index contributed by atoms with van der Waals surface area (Å²) in [4.78, 5) is 26.8. The molecule has 6 nitrogen and oxygen atoms in total. The summed E-state index contributed by atoms with van der Waals surface area (Å²) in [7, 11) is 0. The molecule has 0 unspecified atom stereocenters. The fraction of sp³-hybridized carbons (Fsp3) is 0.667. The molecule has 142 valence electrons. The third-order valence-corrected chi connectivity index (χ3v) is 4.47. The van der Waals surface area contributed by atoms with Crippen LogP contribution < -0.4 is 5.32 Å². The minimum atomic E-state index is -0.359. The van der Waals surface area contributed by atoms with Crippen molar-refractivity contribution >= 4 is 28.2 Å². The van der Waals surface area contributed by atoms with E-state index in [1.54, 1.807) is 13.0 Å². The summed E-state index contributed by atoms with van der Waals surface area (Å²) in [5.74, 6) is -0.485. The highest BCUT2D eigenvalue weighted by Gasteiger charge is 2.20. The van der Waals surface area contributed by atoms with Crippen LogP contribution in [0.1, 0.15) is 49.4 Å². The summed E-state index contributed by atoms with van der Waals surface area (Å²) in [5, 5.41) is 12.5. The molecule has 1 heterocycles. The molecule has 0 bridgehead atoms. The van der Waals surface area contributed by atoms with Crippen molar-refractivity contribution in [3.05, 3.63) is 16.5 Å². The van der Waals surface area contributed by atoms with Crippen LogP contribution in [0, 0.1) is 12.3 Å². The third kappa shape index (κ3) is 7.98. The number of thiophene rings is 1. The Morgan fingerprint density at radius 1 is 1.36 bits per heavy atom. The molecule has 0 spiro atoms. The van der Waals surface area contributed by atoms with Crippen LogP contribution >= 0.6 is 11.3 Å². The smallest absolute Gasteiger partial charge is 0.348 e. The molecule has 0 aliphatic heterocycles. The first-order valence-electron chi connectivity index (χ1n) is 8.57. The lowest BCUT2D eigenvalue weighted by Crippen LogP contribution is -2.39. The Hall–Kier alpha value is -1.44. The molecule has 1 rings (SSSR count). The molecule has 7 heteroatoms. The maximum absolute atomic E-state index is 12.4. The van der Waals surface area contributed by atoms with Crippen LogP contribution in [0.3, 0.4) is 0 Å². The van der Waals surface area contributed by atoms with Crippen LogP contribution in [-0.4, -0.2) is 54.7 Å². The molecule has 0 fully saturated rings. The van der Waals surface area contributed by atoms with E-state index in [9.17, 15) is 9.59 Å². The van der Waals surface area contributed by atoms with Crippen molar-refractivity contribution in [2.75, 3.05) is 38.2 Å². The van der Waals surface area contributed by atoms with E-state index in [1.807, 2.05) is 11.8 Å². The second-order valence-electron chi connectivity index (χ2n) is 7.24. The van der Waals surface area contributed by atoms with Crippen molar-refractivity contribution in [1.82, 2.24) is 4.90 Å². The van der Waals surface area contributed by atoms with Crippen LogP contribution in [0.4, 0.5) is 5.00 Å². The van der Waals surface area contributed by atoms with Crippen molar-refractivity contribution < 1.29 is 19.4 Å². The molecule has 0 aromatic carbocycles. The molecule has 1 aromatic rings. The van der Waals surface area contributed by atoms with E-state index in [4.69, 9.17) is 9.84 Å². The topological polar surface area (TPSA) is 78.9 Å². The van der Waals surface area contributed by atoms with Crippen molar-refractivity contribution in [2.24, 2.45) is 5.41 Å². The highest BCUT2D eigenvalue weighted by atomic mass is 32.1. The van der Waals surface area contributed by atoms with Gasteiger partial charge in [-0.3, -0.25) is 9.69 Å². The van der Waals surface area contributed by atoms with Crippen molar-refractivity contribution in [1.29, 1.82) is 0 Å². The first kappa shape index (κ1) is 21.6. The van der Waals surface area contributed by atoms with E-state index in [-0.39, 0.29) is 30.4 Å². The van der Waals surface area contributed by atoms with Crippen LogP contribution in [0.25, 0.3) is 0 Å². The normalized spacial score (nSPS) is 11.6. The standard InChI is InChI=1S/C18H30N2O4S/c1-6-24-17(23)16-13(2)10-15(25-16)19-14(22)11-20(8-7-9-21)12-18(3,4)5/h10,21H,6-9,11-12H2,1-5H3,(H,19,22). The van der Waals surface area contributed by atoms with Gasteiger partial charge in [-0.15, -0.1) is 11.3 Å². The summed E-state index contributed by atoms with van der Waals surface area (Å²) >= 11 is 1.23. The molecule has 1 amide bonds. The molecule has 0 aliphatic rings. The fourth-order valence-electron chi connectivity index (χ4n) is 2.50. The summed E-state index contributed by atoms with van der Waals surface area (Å²) in [6.45, 7) is 12.0. The number of rotatable bonds is 9. The molecule has 25 heavy (non-hydrogen) atoms. The summed E-state index contributed by atoms with van der Waals surface area (Å²) in [6, 6.07) is 1.79. The van der Waals surface area contributed by atoms with Crippen LogP contribution in [0.5, 0.6) is 0 Å². The second kappa shape index (κ2) is 9.89. The number of aliphatic hydroxyl groups is 1. The van der Waals surface area contributed by atoms with Crippen molar-refractivity contribution in [2.45, 2.75) is 41.0 Å². The second-order valence-corrected chi connectivity index (χ2v) is 8.29. The minimum Gasteiger partial charge on any atom is -0.462 e. The Morgan fingerprint density at radius 2 is 2.04 bits per heavy atom. The largest absolute Gasteiger partial charge is 0.462 e. The molecular formula is C18H30N2O4S.